The number of fused-ring (bicyclic) bond motifs is 1. The summed E-state index contributed by atoms with van der Waals surface area (Å²) in [6, 6.07) is 3.69. The Hall–Kier alpha value is -0.850. The normalized spacial score (nSPS) is 33.2. The van der Waals surface area contributed by atoms with Crippen LogP contribution >= 0.6 is 22.6 Å². The Balaban J connectivity index is 1.56. The van der Waals surface area contributed by atoms with Gasteiger partial charge in [0.25, 0.3) is 0 Å². The first-order chi connectivity index (χ1) is 9.11. The predicted octanol–water partition coefficient (Wildman–Crippen LogP) is 3.16. The Labute approximate surface area is 126 Å². The topological polar surface area (TPSA) is 54.6 Å². The zero-order valence-corrected chi connectivity index (χ0v) is 13.0. The number of furan rings is 1. The van der Waals surface area contributed by atoms with E-state index >= 15 is 0 Å². The van der Waals surface area contributed by atoms with Gasteiger partial charge in [-0.15, -0.1) is 0 Å². The number of nitrogens with one attached hydrogen (secondary N) is 1. The third kappa shape index (κ3) is 2.44. The minimum atomic E-state index is 0.0619. The second-order valence-corrected chi connectivity index (χ2v) is 6.78. The fraction of sp³-hybridized carbons (Fsp3) is 0.571. The van der Waals surface area contributed by atoms with Gasteiger partial charge in [0.1, 0.15) is 5.76 Å². The molecule has 4 nitrogen and oxygen atoms in total. The summed E-state index contributed by atoms with van der Waals surface area (Å²) in [5.74, 6) is 1.45. The van der Waals surface area contributed by atoms with Crippen molar-refractivity contribution in [2.45, 2.75) is 32.6 Å². The van der Waals surface area contributed by atoms with Crippen LogP contribution in [0.1, 0.15) is 38.4 Å². The molecule has 102 valence electrons. The van der Waals surface area contributed by atoms with Crippen LogP contribution in [0.4, 0.5) is 0 Å². The van der Waals surface area contributed by atoms with Crippen molar-refractivity contribution in [3.63, 3.8) is 0 Å². The second kappa shape index (κ2) is 4.92. The molecule has 0 aromatic carbocycles. The monoisotopic (exact) mass is 372 g/mol. The molecule has 3 atom stereocenters. The highest BCUT2D eigenvalue weighted by atomic mass is 127. The van der Waals surface area contributed by atoms with Crippen LogP contribution in [-0.4, -0.2) is 12.1 Å². The lowest BCUT2D eigenvalue weighted by Crippen LogP contribution is -2.22. The quantitative estimate of drug-likeness (QED) is 0.504. The Morgan fingerprint density at radius 1 is 1.58 bits per heavy atom. The highest BCUT2D eigenvalue weighted by Crippen LogP contribution is 2.66. The Bertz CT molecular complexity index is 525. The number of carbonyl (C=O) groups excluding carboxylic acids is 1. The van der Waals surface area contributed by atoms with Gasteiger partial charge in [0.2, 0.25) is 5.91 Å². The largest absolute Gasteiger partial charge is 0.449 e. The molecule has 3 rings (SSSR count). The highest BCUT2D eigenvalue weighted by molar-refractivity contribution is 14.1. The number of nitrogens with zero attached hydrogens (tertiary/aromatic N) is 1. The number of hydrogen-bond donors (Lipinski definition) is 1. The van der Waals surface area contributed by atoms with Crippen molar-refractivity contribution in [3.05, 3.63) is 21.7 Å². The molecule has 1 heterocycles. The first-order valence-corrected chi connectivity index (χ1v) is 7.77. The second-order valence-electron chi connectivity index (χ2n) is 5.71. The van der Waals surface area contributed by atoms with Crippen LogP contribution in [0.3, 0.4) is 0 Å². The summed E-state index contributed by atoms with van der Waals surface area (Å²) >= 11 is 2.09. The third-order valence-corrected chi connectivity index (χ3v) is 5.15. The average molecular weight is 372 g/mol. The summed E-state index contributed by atoms with van der Waals surface area (Å²) in [6.45, 7) is 2.24. The highest BCUT2D eigenvalue weighted by Gasteiger charge is 2.64. The Kier molecular flexibility index (Phi) is 3.41. The van der Waals surface area contributed by atoms with Crippen LogP contribution in [0.5, 0.6) is 0 Å². The van der Waals surface area contributed by atoms with E-state index < -0.39 is 0 Å². The molecule has 2 aliphatic rings. The van der Waals surface area contributed by atoms with Crippen LogP contribution in [-0.2, 0) is 4.79 Å². The smallest absolute Gasteiger partial charge is 0.244 e. The minimum absolute atomic E-state index is 0.0619. The van der Waals surface area contributed by atoms with E-state index in [1.165, 1.54) is 25.7 Å². The zero-order chi connectivity index (χ0) is 13.5. The molecule has 5 heteroatoms. The lowest BCUT2D eigenvalue weighted by molar-refractivity contribution is -0.123. The maximum absolute atomic E-state index is 12.1. The average Bonchev–Trinajstić information content (AvgIpc) is 2.81. The molecule has 0 aliphatic heterocycles. The molecule has 19 heavy (non-hydrogen) atoms. The maximum atomic E-state index is 12.1. The van der Waals surface area contributed by atoms with Crippen LogP contribution in [0, 0.1) is 21.0 Å². The van der Waals surface area contributed by atoms with Gasteiger partial charge in [-0.3, -0.25) is 4.79 Å². The van der Waals surface area contributed by atoms with E-state index in [2.05, 4.69) is 40.0 Å². The van der Waals surface area contributed by atoms with Gasteiger partial charge in [-0.25, -0.2) is 5.43 Å². The molecule has 1 amide bonds. The molecule has 1 N–H and O–H groups in total. The predicted molar refractivity (Wildman–Crippen MR) is 80.7 cm³/mol. The summed E-state index contributed by atoms with van der Waals surface area (Å²) in [6.07, 6.45) is 6.43. The summed E-state index contributed by atoms with van der Waals surface area (Å²) in [4.78, 5) is 12.1. The van der Waals surface area contributed by atoms with Crippen molar-refractivity contribution in [3.8, 4) is 0 Å². The lowest BCUT2D eigenvalue weighted by atomic mass is 9.90. The fourth-order valence-corrected chi connectivity index (χ4v) is 3.91. The van der Waals surface area contributed by atoms with E-state index in [0.717, 1.165) is 3.77 Å². The Morgan fingerprint density at radius 2 is 2.42 bits per heavy atom. The van der Waals surface area contributed by atoms with Gasteiger partial charge in [-0.2, -0.15) is 5.10 Å². The summed E-state index contributed by atoms with van der Waals surface area (Å²) in [7, 11) is 0. The molecule has 0 radical (unpaired) electrons. The van der Waals surface area contributed by atoms with Crippen LogP contribution in [0.15, 0.2) is 21.7 Å². The first-order valence-electron chi connectivity index (χ1n) is 6.69. The number of carbonyl (C=O) groups is 1. The number of halogens is 1. The van der Waals surface area contributed by atoms with E-state index in [9.17, 15) is 4.79 Å². The molecular formula is C14H17IN2O2. The Morgan fingerprint density at radius 3 is 3.05 bits per heavy atom. The van der Waals surface area contributed by atoms with Crippen molar-refractivity contribution in [1.29, 1.82) is 0 Å². The van der Waals surface area contributed by atoms with Gasteiger partial charge in [-0.05, 0) is 58.9 Å². The van der Waals surface area contributed by atoms with Crippen molar-refractivity contribution < 1.29 is 9.21 Å². The number of amides is 1. The molecule has 2 saturated carbocycles. The van der Waals surface area contributed by atoms with Gasteiger partial charge >= 0.3 is 0 Å². The SMILES string of the molecule is C[C@]12CCCC[C@@H]1[C@H]2C(=O)N/N=C\c1ccc(I)o1. The van der Waals surface area contributed by atoms with Gasteiger partial charge in [0.15, 0.2) is 3.77 Å². The molecule has 0 unspecified atom stereocenters. The number of rotatable bonds is 3. The summed E-state index contributed by atoms with van der Waals surface area (Å²) in [5.41, 5.74) is 2.89. The summed E-state index contributed by atoms with van der Waals surface area (Å²) in [5, 5.41) is 3.98. The maximum Gasteiger partial charge on any atom is 0.244 e. The standard InChI is InChI=1S/C14H17IN2O2/c1-14-7-3-2-4-10(14)12(14)13(18)17-16-8-9-5-6-11(15)19-9/h5-6,8,10,12H,2-4,7H2,1H3,(H,17,18)/b16-8-/t10-,12+,14+/m1/s1. The van der Waals surface area contributed by atoms with E-state index in [0.29, 0.717) is 11.7 Å². The third-order valence-electron chi connectivity index (χ3n) is 4.57. The molecule has 2 aliphatic carbocycles. The van der Waals surface area contributed by atoms with Crippen molar-refractivity contribution in [2.75, 3.05) is 0 Å². The van der Waals surface area contributed by atoms with Crippen molar-refractivity contribution in [2.24, 2.45) is 22.4 Å². The van der Waals surface area contributed by atoms with E-state index in [1.54, 1.807) is 6.21 Å². The molecular weight excluding hydrogens is 355 g/mol. The molecule has 1 aromatic heterocycles. The van der Waals surface area contributed by atoms with E-state index in [4.69, 9.17) is 4.42 Å². The minimum Gasteiger partial charge on any atom is -0.449 e. The molecule has 0 saturated heterocycles. The zero-order valence-electron chi connectivity index (χ0n) is 10.9. The molecule has 0 spiro atoms. The summed E-state index contributed by atoms with van der Waals surface area (Å²) < 4.78 is 6.15. The lowest BCUT2D eigenvalue weighted by Gasteiger charge is -2.15. The van der Waals surface area contributed by atoms with Crippen LogP contribution < -0.4 is 5.43 Å². The fourth-order valence-electron chi connectivity index (χ4n) is 3.48. The molecule has 0 bridgehead atoms. The molecule has 1 aromatic rings. The van der Waals surface area contributed by atoms with Gasteiger partial charge < -0.3 is 4.42 Å². The van der Waals surface area contributed by atoms with E-state index in [1.807, 2.05) is 12.1 Å². The molecule has 2 fully saturated rings. The van der Waals surface area contributed by atoms with Gasteiger partial charge in [0, 0.05) is 5.92 Å². The van der Waals surface area contributed by atoms with Crippen molar-refractivity contribution >= 4 is 34.7 Å². The van der Waals surface area contributed by atoms with E-state index in [-0.39, 0.29) is 17.2 Å². The van der Waals surface area contributed by atoms with Gasteiger partial charge in [-0.1, -0.05) is 19.8 Å². The van der Waals surface area contributed by atoms with Gasteiger partial charge in [0.05, 0.1) is 6.21 Å². The van der Waals surface area contributed by atoms with Crippen LogP contribution in [0.25, 0.3) is 0 Å². The van der Waals surface area contributed by atoms with Crippen LogP contribution in [0.2, 0.25) is 0 Å². The van der Waals surface area contributed by atoms with Crippen molar-refractivity contribution in [1.82, 2.24) is 5.43 Å². The number of hydrazone groups is 1. The first kappa shape index (κ1) is 13.1. The number of hydrogen-bond acceptors (Lipinski definition) is 3.